The van der Waals surface area contributed by atoms with E-state index in [0.29, 0.717) is 30.6 Å². The maximum Gasteiger partial charge on any atom is 0.239 e. The maximum absolute atomic E-state index is 12.7. The quantitative estimate of drug-likeness (QED) is 0.767. The first-order valence-corrected chi connectivity index (χ1v) is 9.35. The molecule has 3 aliphatic heterocycles. The Morgan fingerprint density at radius 3 is 2.45 bits per heavy atom. The van der Waals surface area contributed by atoms with Crippen molar-refractivity contribution in [3.63, 3.8) is 0 Å². The molecule has 0 aromatic heterocycles. The minimum Gasteiger partial charge on any atom is -0.339 e. The van der Waals surface area contributed by atoms with Gasteiger partial charge in [0.05, 0.1) is 6.04 Å². The van der Waals surface area contributed by atoms with E-state index in [2.05, 4.69) is 10.2 Å². The van der Waals surface area contributed by atoms with Gasteiger partial charge < -0.3 is 10.2 Å². The molecule has 3 rings (SSSR count). The van der Waals surface area contributed by atoms with E-state index in [1.165, 1.54) is 0 Å². The Bertz CT molecular complexity index is 375. The zero-order valence-electron chi connectivity index (χ0n) is 12.1. The number of rotatable bonds is 2. The lowest BCUT2D eigenvalue weighted by Gasteiger charge is -2.38. The van der Waals surface area contributed by atoms with Gasteiger partial charge in [-0.25, -0.2) is 0 Å². The standard InChI is InChI=1S/C14H25N3O2S/c18-14(16-8-10-20(19)11-9-16)13-2-1-7-17(13)12-3-5-15-6-4-12/h12-13,15H,1-11H2. The summed E-state index contributed by atoms with van der Waals surface area (Å²) in [6.45, 7) is 4.58. The predicted octanol–water partition coefficient (Wildman–Crippen LogP) is -0.206. The number of carbonyl (C=O) groups is 1. The van der Waals surface area contributed by atoms with Crippen LogP contribution in [0.25, 0.3) is 0 Å². The summed E-state index contributed by atoms with van der Waals surface area (Å²) < 4.78 is 11.4. The van der Waals surface area contributed by atoms with Crippen LogP contribution in [-0.4, -0.2) is 76.2 Å². The van der Waals surface area contributed by atoms with Gasteiger partial charge in [0.2, 0.25) is 5.91 Å². The van der Waals surface area contributed by atoms with Crippen molar-refractivity contribution in [3.8, 4) is 0 Å². The molecule has 3 heterocycles. The second kappa shape index (κ2) is 6.54. The Morgan fingerprint density at radius 2 is 1.75 bits per heavy atom. The van der Waals surface area contributed by atoms with Crippen LogP contribution in [0.2, 0.25) is 0 Å². The van der Waals surface area contributed by atoms with Crippen molar-refractivity contribution in [1.29, 1.82) is 0 Å². The molecule has 6 heteroatoms. The van der Waals surface area contributed by atoms with Gasteiger partial charge in [0.15, 0.2) is 0 Å². The molecular formula is C14H25N3O2S. The Morgan fingerprint density at radius 1 is 1.05 bits per heavy atom. The highest BCUT2D eigenvalue weighted by molar-refractivity contribution is 7.85. The molecule has 3 saturated heterocycles. The molecule has 20 heavy (non-hydrogen) atoms. The summed E-state index contributed by atoms with van der Waals surface area (Å²) in [5, 5.41) is 3.39. The Labute approximate surface area is 123 Å². The van der Waals surface area contributed by atoms with Crippen molar-refractivity contribution in [2.45, 2.75) is 37.8 Å². The number of hydrogen-bond acceptors (Lipinski definition) is 4. The molecule has 0 spiro atoms. The molecule has 0 saturated carbocycles. The molecule has 0 bridgehead atoms. The lowest BCUT2D eigenvalue weighted by molar-refractivity contribution is -0.136. The summed E-state index contributed by atoms with van der Waals surface area (Å²) in [5.74, 6) is 1.61. The van der Waals surface area contributed by atoms with E-state index in [1.807, 2.05) is 4.90 Å². The maximum atomic E-state index is 12.7. The minimum absolute atomic E-state index is 0.0876. The van der Waals surface area contributed by atoms with Crippen molar-refractivity contribution < 1.29 is 9.00 Å². The van der Waals surface area contributed by atoms with E-state index in [1.54, 1.807) is 0 Å². The van der Waals surface area contributed by atoms with Crippen LogP contribution >= 0.6 is 0 Å². The Balaban J connectivity index is 1.62. The summed E-state index contributed by atoms with van der Waals surface area (Å²) in [6.07, 6.45) is 4.46. The van der Waals surface area contributed by atoms with Gasteiger partial charge in [-0.05, 0) is 45.3 Å². The zero-order chi connectivity index (χ0) is 13.9. The van der Waals surface area contributed by atoms with Gasteiger partial charge in [0.25, 0.3) is 0 Å². The molecule has 3 aliphatic rings. The molecule has 0 radical (unpaired) electrons. The topological polar surface area (TPSA) is 52.7 Å². The second-order valence-electron chi connectivity index (χ2n) is 6.05. The average molecular weight is 299 g/mol. The van der Waals surface area contributed by atoms with Gasteiger partial charge in [-0.1, -0.05) is 0 Å². The normalized spacial score (nSPS) is 30.8. The van der Waals surface area contributed by atoms with E-state index < -0.39 is 10.8 Å². The summed E-state index contributed by atoms with van der Waals surface area (Å²) in [6, 6.07) is 0.663. The van der Waals surface area contributed by atoms with E-state index in [-0.39, 0.29) is 11.9 Å². The predicted molar refractivity (Wildman–Crippen MR) is 80.1 cm³/mol. The number of hydrogen-bond donors (Lipinski definition) is 1. The number of likely N-dealkylation sites (tertiary alicyclic amines) is 1. The fourth-order valence-corrected chi connectivity index (χ4v) is 4.75. The molecular weight excluding hydrogens is 274 g/mol. The van der Waals surface area contributed by atoms with Gasteiger partial charge in [-0.3, -0.25) is 13.9 Å². The van der Waals surface area contributed by atoms with Gasteiger partial charge in [0, 0.05) is 41.4 Å². The third-order valence-corrected chi connectivity index (χ3v) is 6.12. The molecule has 114 valence electrons. The second-order valence-corrected chi connectivity index (χ2v) is 7.75. The molecule has 5 nitrogen and oxygen atoms in total. The lowest BCUT2D eigenvalue weighted by atomic mass is 10.0. The number of nitrogens with one attached hydrogen (secondary N) is 1. The SMILES string of the molecule is O=C(C1CCCN1C1CCNCC1)N1CCS(=O)CC1. The van der Waals surface area contributed by atoms with E-state index in [9.17, 15) is 9.00 Å². The van der Waals surface area contributed by atoms with Crippen LogP contribution in [0.1, 0.15) is 25.7 Å². The fraction of sp³-hybridized carbons (Fsp3) is 0.929. The summed E-state index contributed by atoms with van der Waals surface area (Å²) in [4.78, 5) is 17.1. The average Bonchev–Trinajstić information content (AvgIpc) is 2.97. The van der Waals surface area contributed by atoms with Crippen LogP contribution in [0.15, 0.2) is 0 Å². The molecule has 1 N–H and O–H groups in total. The minimum atomic E-state index is -0.708. The van der Waals surface area contributed by atoms with Crippen LogP contribution in [0, 0.1) is 0 Å². The van der Waals surface area contributed by atoms with Crippen LogP contribution < -0.4 is 5.32 Å². The van der Waals surface area contributed by atoms with Gasteiger partial charge in [-0.2, -0.15) is 0 Å². The molecule has 0 aliphatic carbocycles. The number of amides is 1. The third-order valence-electron chi connectivity index (χ3n) is 4.85. The number of piperidine rings is 1. The molecule has 1 unspecified atom stereocenters. The largest absolute Gasteiger partial charge is 0.339 e. The summed E-state index contributed by atoms with van der Waals surface area (Å²) in [7, 11) is -0.708. The molecule has 1 amide bonds. The van der Waals surface area contributed by atoms with Crippen molar-refractivity contribution >= 4 is 16.7 Å². The molecule has 0 aromatic carbocycles. The summed E-state index contributed by atoms with van der Waals surface area (Å²) in [5.41, 5.74) is 0. The summed E-state index contributed by atoms with van der Waals surface area (Å²) >= 11 is 0. The van der Waals surface area contributed by atoms with E-state index in [0.717, 1.165) is 45.3 Å². The van der Waals surface area contributed by atoms with Gasteiger partial charge in [-0.15, -0.1) is 0 Å². The molecule has 0 aromatic rings. The Kier molecular flexibility index (Phi) is 4.73. The zero-order valence-corrected chi connectivity index (χ0v) is 12.9. The number of nitrogens with zero attached hydrogens (tertiary/aromatic N) is 2. The van der Waals surface area contributed by atoms with Crippen molar-refractivity contribution in [3.05, 3.63) is 0 Å². The smallest absolute Gasteiger partial charge is 0.239 e. The van der Waals surface area contributed by atoms with Crippen LogP contribution in [0.3, 0.4) is 0 Å². The van der Waals surface area contributed by atoms with E-state index in [4.69, 9.17) is 0 Å². The highest BCUT2D eigenvalue weighted by Crippen LogP contribution is 2.26. The van der Waals surface area contributed by atoms with Crippen LogP contribution in [-0.2, 0) is 15.6 Å². The highest BCUT2D eigenvalue weighted by atomic mass is 32.2. The first-order valence-electron chi connectivity index (χ1n) is 7.86. The third kappa shape index (κ3) is 3.07. The van der Waals surface area contributed by atoms with Crippen molar-refractivity contribution in [2.75, 3.05) is 44.2 Å². The van der Waals surface area contributed by atoms with Crippen LogP contribution in [0.4, 0.5) is 0 Å². The van der Waals surface area contributed by atoms with E-state index >= 15 is 0 Å². The number of carbonyl (C=O) groups excluding carboxylic acids is 1. The lowest BCUT2D eigenvalue weighted by Crippen LogP contribution is -2.53. The fourth-order valence-electron chi connectivity index (χ4n) is 3.70. The van der Waals surface area contributed by atoms with Gasteiger partial charge >= 0.3 is 0 Å². The monoisotopic (exact) mass is 299 g/mol. The molecule has 3 fully saturated rings. The van der Waals surface area contributed by atoms with Crippen LogP contribution in [0.5, 0.6) is 0 Å². The van der Waals surface area contributed by atoms with Gasteiger partial charge in [0.1, 0.15) is 0 Å². The van der Waals surface area contributed by atoms with Crippen molar-refractivity contribution in [1.82, 2.24) is 15.1 Å². The van der Waals surface area contributed by atoms with Crippen molar-refractivity contribution in [2.24, 2.45) is 0 Å². The Hall–Kier alpha value is -0.460. The molecule has 1 atom stereocenters. The highest BCUT2D eigenvalue weighted by Gasteiger charge is 2.38. The first kappa shape index (κ1) is 14.5. The first-order chi connectivity index (χ1) is 9.75.